The molecular formula is C21H24N2O4. The number of nitrogens with zero attached hydrogens (tertiary/aromatic N) is 1. The van der Waals surface area contributed by atoms with Gasteiger partial charge in [0.15, 0.2) is 0 Å². The summed E-state index contributed by atoms with van der Waals surface area (Å²) in [6.45, 7) is 4.58. The van der Waals surface area contributed by atoms with Gasteiger partial charge < -0.3 is 19.7 Å². The molecule has 2 aromatic carbocycles. The number of nitrogens with one attached hydrogen (secondary N) is 1. The van der Waals surface area contributed by atoms with Crippen molar-refractivity contribution in [2.45, 2.75) is 26.4 Å². The van der Waals surface area contributed by atoms with Gasteiger partial charge in [-0.05, 0) is 37.6 Å². The lowest BCUT2D eigenvalue weighted by Crippen LogP contribution is -2.36. The Morgan fingerprint density at radius 2 is 2.00 bits per heavy atom. The maximum atomic E-state index is 12.6. The van der Waals surface area contributed by atoms with Crippen molar-refractivity contribution in [3.63, 3.8) is 0 Å². The average molecular weight is 368 g/mol. The number of carbonyl (C=O) groups excluding carboxylic acids is 2. The largest absolute Gasteiger partial charge is 0.497 e. The number of rotatable bonds is 7. The molecule has 0 saturated carbocycles. The van der Waals surface area contributed by atoms with E-state index in [4.69, 9.17) is 9.47 Å². The van der Waals surface area contributed by atoms with Crippen LogP contribution in [0.5, 0.6) is 11.5 Å². The number of benzene rings is 2. The van der Waals surface area contributed by atoms with Gasteiger partial charge in [0.25, 0.3) is 5.91 Å². The van der Waals surface area contributed by atoms with Gasteiger partial charge in [0.1, 0.15) is 11.5 Å². The molecular weight excluding hydrogens is 344 g/mol. The number of fused-ring (bicyclic) bond motifs is 1. The lowest BCUT2D eigenvalue weighted by Gasteiger charge is -2.19. The molecule has 1 aliphatic rings. The SMILES string of the molecule is COc1ccc(C(=O)NCCN2C(=O)Cc3ccccc32)c(OC(C)C)c1. The van der Waals surface area contributed by atoms with Crippen molar-refractivity contribution < 1.29 is 19.1 Å². The molecule has 0 bridgehead atoms. The first kappa shape index (κ1) is 18.8. The Kier molecular flexibility index (Phi) is 5.64. The van der Waals surface area contributed by atoms with Crippen molar-refractivity contribution in [3.8, 4) is 11.5 Å². The van der Waals surface area contributed by atoms with Crippen molar-refractivity contribution in [3.05, 3.63) is 53.6 Å². The van der Waals surface area contributed by atoms with E-state index in [0.29, 0.717) is 36.6 Å². The second kappa shape index (κ2) is 8.12. The number of methoxy groups -OCH3 is 1. The molecule has 0 unspecified atom stereocenters. The van der Waals surface area contributed by atoms with Crippen molar-refractivity contribution in [1.82, 2.24) is 5.32 Å². The lowest BCUT2D eigenvalue weighted by atomic mass is 10.1. The van der Waals surface area contributed by atoms with Gasteiger partial charge in [-0.25, -0.2) is 0 Å². The van der Waals surface area contributed by atoms with Crippen LogP contribution in [0.3, 0.4) is 0 Å². The fourth-order valence-electron chi connectivity index (χ4n) is 3.11. The zero-order valence-electron chi connectivity index (χ0n) is 15.8. The van der Waals surface area contributed by atoms with Gasteiger partial charge in [0.2, 0.25) is 5.91 Å². The van der Waals surface area contributed by atoms with E-state index in [0.717, 1.165) is 11.3 Å². The minimum atomic E-state index is -0.242. The molecule has 0 radical (unpaired) electrons. The quantitative estimate of drug-likeness (QED) is 0.816. The van der Waals surface area contributed by atoms with Crippen LogP contribution in [0.4, 0.5) is 5.69 Å². The Morgan fingerprint density at radius 3 is 2.74 bits per heavy atom. The van der Waals surface area contributed by atoms with Gasteiger partial charge in [-0.3, -0.25) is 9.59 Å². The molecule has 0 aromatic heterocycles. The first-order valence-electron chi connectivity index (χ1n) is 9.00. The standard InChI is InChI=1S/C21H24N2O4/c1-14(2)27-19-13-16(26-3)8-9-17(19)21(25)22-10-11-23-18-7-5-4-6-15(18)12-20(23)24/h4-9,13-14H,10-12H2,1-3H3,(H,22,25). The molecule has 142 valence electrons. The molecule has 0 aliphatic carbocycles. The van der Waals surface area contributed by atoms with Gasteiger partial charge in [-0.2, -0.15) is 0 Å². The number of hydrogen-bond acceptors (Lipinski definition) is 4. The van der Waals surface area contributed by atoms with E-state index < -0.39 is 0 Å². The van der Waals surface area contributed by atoms with Crippen LogP contribution < -0.4 is 19.7 Å². The molecule has 1 aliphatic heterocycles. The van der Waals surface area contributed by atoms with Crippen LogP contribution in [0.25, 0.3) is 0 Å². The predicted octanol–water partition coefficient (Wildman–Crippen LogP) is 2.80. The highest BCUT2D eigenvalue weighted by atomic mass is 16.5. The van der Waals surface area contributed by atoms with Crippen LogP contribution in [0.1, 0.15) is 29.8 Å². The van der Waals surface area contributed by atoms with Gasteiger partial charge in [0, 0.05) is 24.8 Å². The van der Waals surface area contributed by atoms with E-state index in [9.17, 15) is 9.59 Å². The highest BCUT2D eigenvalue weighted by Crippen LogP contribution is 2.28. The molecule has 3 rings (SSSR count). The number of anilines is 1. The van der Waals surface area contributed by atoms with Crippen molar-refractivity contribution >= 4 is 17.5 Å². The molecule has 1 N–H and O–H groups in total. The van der Waals surface area contributed by atoms with Gasteiger partial charge in [-0.15, -0.1) is 0 Å². The van der Waals surface area contributed by atoms with E-state index in [1.165, 1.54) is 0 Å². The Balaban J connectivity index is 1.65. The maximum absolute atomic E-state index is 12.6. The Hall–Kier alpha value is -3.02. The minimum absolute atomic E-state index is 0.0544. The zero-order valence-corrected chi connectivity index (χ0v) is 15.8. The number of ether oxygens (including phenoxy) is 2. The molecule has 0 spiro atoms. The molecule has 6 nitrogen and oxygen atoms in total. The van der Waals surface area contributed by atoms with E-state index in [2.05, 4.69) is 5.32 Å². The minimum Gasteiger partial charge on any atom is -0.497 e. The summed E-state index contributed by atoms with van der Waals surface area (Å²) < 4.78 is 11.0. The summed E-state index contributed by atoms with van der Waals surface area (Å²) in [5.74, 6) is 0.915. The third-order valence-corrected chi connectivity index (χ3v) is 4.34. The highest BCUT2D eigenvalue weighted by molar-refractivity contribution is 6.01. The molecule has 27 heavy (non-hydrogen) atoms. The molecule has 2 aromatic rings. The van der Waals surface area contributed by atoms with E-state index >= 15 is 0 Å². The van der Waals surface area contributed by atoms with Crippen LogP contribution in [0.15, 0.2) is 42.5 Å². The Morgan fingerprint density at radius 1 is 1.22 bits per heavy atom. The van der Waals surface area contributed by atoms with E-state index in [-0.39, 0.29) is 17.9 Å². The van der Waals surface area contributed by atoms with Crippen LogP contribution in [-0.2, 0) is 11.2 Å². The fraction of sp³-hybridized carbons (Fsp3) is 0.333. The summed E-state index contributed by atoms with van der Waals surface area (Å²) in [6.07, 6.45) is 0.344. The Bertz CT molecular complexity index is 848. The van der Waals surface area contributed by atoms with Crippen LogP contribution in [-0.4, -0.2) is 38.1 Å². The summed E-state index contributed by atoms with van der Waals surface area (Å²) in [5, 5.41) is 2.87. The average Bonchev–Trinajstić information content (AvgIpc) is 2.96. The number of para-hydroxylation sites is 1. The van der Waals surface area contributed by atoms with Crippen LogP contribution in [0.2, 0.25) is 0 Å². The number of carbonyl (C=O) groups is 2. The second-order valence-corrected chi connectivity index (χ2v) is 6.64. The number of amides is 2. The normalized spacial score (nSPS) is 12.9. The van der Waals surface area contributed by atoms with Crippen molar-refractivity contribution in [2.24, 2.45) is 0 Å². The third kappa shape index (κ3) is 4.22. The molecule has 0 fully saturated rings. The fourth-order valence-corrected chi connectivity index (χ4v) is 3.11. The molecule has 0 atom stereocenters. The van der Waals surface area contributed by atoms with E-state index in [1.54, 1.807) is 30.2 Å². The second-order valence-electron chi connectivity index (χ2n) is 6.64. The highest BCUT2D eigenvalue weighted by Gasteiger charge is 2.26. The summed E-state index contributed by atoms with van der Waals surface area (Å²) in [7, 11) is 1.57. The first-order chi connectivity index (χ1) is 13.0. The monoisotopic (exact) mass is 368 g/mol. The maximum Gasteiger partial charge on any atom is 0.255 e. The lowest BCUT2D eigenvalue weighted by molar-refractivity contribution is -0.117. The smallest absolute Gasteiger partial charge is 0.255 e. The predicted molar refractivity (Wildman–Crippen MR) is 104 cm³/mol. The third-order valence-electron chi connectivity index (χ3n) is 4.34. The Labute approximate surface area is 159 Å². The van der Waals surface area contributed by atoms with Crippen LogP contribution in [0, 0.1) is 0 Å². The van der Waals surface area contributed by atoms with Gasteiger partial charge in [0.05, 0.1) is 25.2 Å². The molecule has 1 heterocycles. The summed E-state index contributed by atoms with van der Waals surface area (Å²) in [6, 6.07) is 12.8. The summed E-state index contributed by atoms with van der Waals surface area (Å²) >= 11 is 0. The molecule has 6 heteroatoms. The van der Waals surface area contributed by atoms with Crippen LogP contribution >= 0.6 is 0 Å². The molecule has 0 saturated heterocycles. The van der Waals surface area contributed by atoms with Gasteiger partial charge >= 0.3 is 0 Å². The van der Waals surface area contributed by atoms with Crippen molar-refractivity contribution in [2.75, 3.05) is 25.1 Å². The topological polar surface area (TPSA) is 67.9 Å². The van der Waals surface area contributed by atoms with Crippen molar-refractivity contribution in [1.29, 1.82) is 0 Å². The first-order valence-corrected chi connectivity index (χ1v) is 9.00. The number of hydrogen-bond donors (Lipinski definition) is 1. The zero-order chi connectivity index (χ0) is 19.4. The summed E-state index contributed by atoms with van der Waals surface area (Å²) in [4.78, 5) is 26.5. The van der Waals surface area contributed by atoms with E-state index in [1.807, 2.05) is 38.1 Å². The van der Waals surface area contributed by atoms with Gasteiger partial charge in [-0.1, -0.05) is 18.2 Å². The molecule has 2 amide bonds. The summed E-state index contributed by atoms with van der Waals surface area (Å²) in [5.41, 5.74) is 2.39.